The van der Waals surface area contributed by atoms with Crippen LogP contribution in [0.4, 0.5) is 0 Å². The Morgan fingerprint density at radius 3 is 1.87 bits per heavy atom. The van der Waals surface area contributed by atoms with Crippen LogP contribution in [0, 0.1) is 27.7 Å². The van der Waals surface area contributed by atoms with Gasteiger partial charge in [0.2, 0.25) is 0 Å². The average molecular weight is 231 g/mol. The summed E-state index contributed by atoms with van der Waals surface area (Å²) in [6.07, 6.45) is 0. The molecular weight excluding hydrogens is 214 g/mol. The second-order valence-electron chi connectivity index (χ2n) is 3.54. The molecule has 0 spiro atoms. The second-order valence-corrected chi connectivity index (χ2v) is 4.93. The molecule has 0 radical (unpaired) electrons. The minimum Gasteiger partial charge on any atom is -0.344 e. The predicted octanol–water partition coefficient (Wildman–Crippen LogP) is 2.33. The molecule has 4 N–H and O–H groups in total. The fraction of sp³-hybridized carbons (Fsp3) is 0.400. The molecule has 1 aromatic rings. The van der Waals surface area contributed by atoms with Crippen LogP contribution in [0.15, 0.2) is 11.0 Å². The van der Waals surface area contributed by atoms with Crippen molar-refractivity contribution in [3.63, 3.8) is 0 Å². The van der Waals surface area contributed by atoms with Crippen LogP contribution in [0.2, 0.25) is 0 Å². The molecule has 1 aromatic carbocycles. The zero-order chi connectivity index (χ0) is 11.1. The monoisotopic (exact) mass is 231 g/mol. The Balaban J connectivity index is 0.00000196. The van der Waals surface area contributed by atoms with Gasteiger partial charge in [-0.3, -0.25) is 4.55 Å². The van der Waals surface area contributed by atoms with E-state index in [-0.39, 0.29) is 11.0 Å². The van der Waals surface area contributed by atoms with Crippen LogP contribution in [0.1, 0.15) is 22.3 Å². The van der Waals surface area contributed by atoms with E-state index < -0.39 is 10.1 Å². The van der Waals surface area contributed by atoms with Gasteiger partial charge in [0.25, 0.3) is 10.1 Å². The third-order valence-electron chi connectivity index (χ3n) is 2.71. The van der Waals surface area contributed by atoms with Gasteiger partial charge in [-0.05, 0) is 56.0 Å². The number of aryl methyl sites for hydroxylation is 1. The molecule has 0 aliphatic carbocycles. The van der Waals surface area contributed by atoms with E-state index in [0.717, 1.165) is 16.7 Å². The van der Waals surface area contributed by atoms with Crippen molar-refractivity contribution < 1.29 is 13.0 Å². The summed E-state index contributed by atoms with van der Waals surface area (Å²) in [6.45, 7) is 7.32. The molecule has 0 heterocycles. The second kappa shape index (κ2) is 4.30. The molecule has 0 bridgehead atoms. The molecule has 1 rings (SSSR count). The Morgan fingerprint density at radius 1 is 1.00 bits per heavy atom. The van der Waals surface area contributed by atoms with Crippen molar-refractivity contribution in [3.8, 4) is 0 Å². The van der Waals surface area contributed by atoms with E-state index in [4.69, 9.17) is 4.55 Å². The molecule has 0 amide bonds. The normalized spacial score (nSPS) is 11.0. The highest BCUT2D eigenvalue weighted by atomic mass is 32.2. The van der Waals surface area contributed by atoms with E-state index in [1.54, 1.807) is 6.92 Å². The smallest absolute Gasteiger partial charge is 0.294 e. The largest absolute Gasteiger partial charge is 0.344 e. The standard InChI is InChI=1S/C10H14O3S.H3N/c1-6-5-10(14(11,12)13)9(4)8(3)7(6)2;/h5H,1-4H3,(H,11,12,13);1H3. The van der Waals surface area contributed by atoms with Crippen molar-refractivity contribution in [2.45, 2.75) is 32.6 Å². The molecule has 0 aromatic heterocycles. The minimum atomic E-state index is -4.10. The van der Waals surface area contributed by atoms with Crippen LogP contribution in [0.5, 0.6) is 0 Å². The lowest BCUT2D eigenvalue weighted by atomic mass is 10.00. The molecule has 0 unspecified atom stereocenters. The molecule has 0 saturated carbocycles. The Hall–Kier alpha value is -0.910. The highest BCUT2D eigenvalue weighted by Crippen LogP contribution is 2.24. The summed E-state index contributed by atoms with van der Waals surface area (Å²) in [5.41, 5.74) is 3.48. The SMILES string of the molecule is Cc1cc(S(=O)(=O)O)c(C)c(C)c1C.N. The van der Waals surface area contributed by atoms with Crippen molar-refractivity contribution in [1.29, 1.82) is 0 Å². The summed E-state index contributed by atoms with van der Waals surface area (Å²) in [5.74, 6) is 0. The molecule has 0 aliphatic rings. The van der Waals surface area contributed by atoms with Crippen LogP contribution in [-0.4, -0.2) is 13.0 Å². The van der Waals surface area contributed by atoms with E-state index >= 15 is 0 Å². The van der Waals surface area contributed by atoms with Crippen LogP contribution < -0.4 is 6.15 Å². The molecular formula is C10H17NO3S. The number of rotatable bonds is 1. The van der Waals surface area contributed by atoms with Gasteiger partial charge < -0.3 is 6.15 Å². The number of hydrogen-bond donors (Lipinski definition) is 2. The van der Waals surface area contributed by atoms with Crippen molar-refractivity contribution in [2.24, 2.45) is 0 Å². The summed E-state index contributed by atoms with van der Waals surface area (Å²) in [6, 6.07) is 1.51. The zero-order valence-electron chi connectivity index (χ0n) is 9.46. The third kappa shape index (κ3) is 2.56. The van der Waals surface area contributed by atoms with E-state index in [9.17, 15) is 8.42 Å². The average Bonchev–Trinajstić information content (AvgIpc) is 2.06. The maximum absolute atomic E-state index is 11.0. The van der Waals surface area contributed by atoms with Gasteiger partial charge in [-0.15, -0.1) is 0 Å². The molecule has 0 aliphatic heterocycles. The molecule has 4 nitrogen and oxygen atoms in total. The highest BCUT2D eigenvalue weighted by molar-refractivity contribution is 7.85. The Labute approximate surface area is 90.7 Å². The summed E-state index contributed by atoms with van der Waals surface area (Å²) >= 11 is 0. The van der Waals surface area contributed by atoms with Gasteiger partial charge in [0.15, 0.2) is 0 Å². The van der Waals surface area contributed by atoms with Crippen LogP contribution in [-0.2, 0) is 10.1 Å². The first-order valence-corrected chi connectivity index (χ1v) is 5.74. The van der Waals surface area contributed by atoms with Gasteiger partial charge in [0.05, 0.1) is 4.90 Å². The molecule has 0 atom stereocenters. The summed E-state index contributed by atoms with van der Waals surface area (Å²) < 4.78 is 31.0. The van der Waals surface area contributed by atoms with E-state index in [1.165, 1.54) is 6.07 Å². The summed E-state index contributed by atoms with van der Waals surface area (Å²) in [7, 11) is -4.10. The van der Waals surface area contributed by atoms with Crippen molar-refractivity contribution in [3.05, 3.63) is 28.3 Å². The Morgan fingerprint density at radius 2 is 1.47 bits per heavy atom. The first-order valence-electron chi connectivity index (χ1n) is 4.30. The maximum Gasteiger partial charge on any atom is 0.294 e. The van der Waals surface area contributed by atoms with Gasteiger partial charge in [-0.25, -0.2) is 0 Å². The number of hydrogen-bond acceptors (Lipinski definition) is 3. The topological polar surface area (TPSA) is 89.4 Å². The predicted molar refractivity (Wildman–Crippen MR) is 60.2 cm³/mol. The van der Waals surface area contributed by atoms with E-state index in [1.807, 2.05) is 20.8 Å². The lowest BCUT2D eigenvalue weighted by Gasteiger charge is -2.11. The fourth-order valence-corrected chi connectivity index (χ4v) is 2.31. The van der Waals surface area contributed by atoms with Crippen molar-refractivity contribution in [1.82, 2.24) is 6.15 Å². The van der Waals surface area contributed by atoms with Gasteiger partial charge in [0, 0.05) is 0 Å². The van der Waals surface area contributed by atoms with Gasteiger partial charge in [0.1, 0.15) is 0 Å². The Kier molecular flexibility index (Phi) is 4.04. The van der Waals surface area contributed by atoms with Crippen LogP contribution in [0.25, 0.3) is 0 Å². The van der Waals surface area contributed by atoms with E-state index in [2.05, 4.69) is 0 Å². The molecule has 0 saturated heterocycles. The van der Waals surface area contributed by atoms with E-state index in [0.29, 0.717) is 5.56 Å². The summed E-state index contributed by atoms with van der Waals surface area (Å²) in [5, 5.41) is 0. The van der Waals surface area contributed by atoms with Gasteiger partial charge >= 0.3 is 0 Å². The number of benzene rings is 1. The molecule has 15 heavy (non-hydrogen) atoms. The van der Waals surface area contributed by atoms with Crippen molar-refractivity contribution >= 4 is 10.1 Å². The zero-order valence-corrected chi connectivity index (χ0v) is 10.3. The van der Waals surface area contributed by atoms with Crippen molar-refractivity contribution in [2.75, 3.05) is 0 Å². The van der Waals surface area contributed by atoms with Gasteiger partial charge in [-0.2, -0.15) is 8.42 Å². The minimum absolute atomic E-state index is 0. The van der Waals surface area contributed by atoms with Crippen LogP contribution >= 0.6 is 0 Å². The lowest BCUT2D eigenvalue weighted by Crippen LogP contribution is -2.04. The maximum atomic E-state index is 11.0. The highest BCUT2D eigenvalue weighted by Gasteiger charge is 2.16. The quantitative estimate of drug-likeness (QED) is 0.726. The molecule has 86 valence electrons. The first-order chi connectivity index (χ1) is 6.25. The Bertz CT molecular complexity index is 478. The summed E-state index contributed by atoms with van der Waals surface area (Å²) in [4.78, 5) is 0.0121. The lowest BCUT2D eigenvalue weighted by molar-refractivity contribution is 0.482. The molecule has 0 fully saturated rings. The third-order valence-corrected chi connectivity index (χ3v) is 3.69. The fourth-order valence-electron chi connectivity index (χ4n) is 1.44. The van der Waals surface area contributed by atoms with Crippen LogP contribution in [0.3, 0.4) is 0 Å². The van der Waals surface area contributed by atoms with Gasteiger partial charge in [-0.1, -0.05) is 0 Å². The molecule has 5 heteroatoms. The first kappa shape index (κ1) is 14.1.